The topological polar surface area (TPSA) is 58.1 Å². The van der Waals surface area contributed by atoms with Crippen LogP contribution in [-0.2, 0) is 4.79 Å². The van der Waals surface area contributed by atoms with E-state index in [9.17, 15) is 9.18 Å². The highest BCUT2D eigenvalue weighted by Gasteiger charge is 2.13. The summed E-state index contributed by atoms with van der Waals surface area (Å²) < 4.78 is 13.8. The van der Waals surface area contributed by atoms with Gasteiger partial charge in [0.15, 0.2) is 0 Å². The molecule has 1 N–H and O–H groups in total. The Morgan fingerprint density at radius 1 is 1.43 bits per heavy atom. The van der Waals surface area contributed by atoms with Crippen LogP contribution in [0.25, 0.3) is 0 Å². The average molecular weight is 307 g/mol. The molecule has 0 fully saturated rings. The number of hydrogen-bond donors (Lipinski definition) is 1. The van der Waals surface area contributed by atoms with Crippen LogP contribution in [-0.4, -0.2) is 22.9 Å². The summed E-state index contributed by atoms with van der Waals surface area (Å²) >= 11 is 5.70. The number of likely N-dealkylation sites (N-methyl/N-ethyl adjacent to an activating group) is 1. The first-order valence-corrected chi connectivity index (χ1v) is 6.33. The number of aromatic nitrogens is 2. The van der Waals surface area contributed by atoms with Crippen LogP contribution in [0.5, 0.6) is 0 Å². The van der Waals surface area contributed by atoms with E-state index in [1.807, 2.05) is 0 Å². The van der Waals surface area contributed by atoms with Crippen molar-refractivity contribution in [2.75, 3.05) is 17.3 Å². The maximum absolute atomic E-state index is 13.8. The fraction of sp³-hybridized carbons (Fsp3) is 0.0714. The lowest BCUT2D eigenvalue weighted by atomic mass is 10.2. The number of halogens is 2. The second-order valence-electron chi connectivity index (χ2n) is 4.12. The largest absolute Gasteiger partial charge is 0.324 e. The van der Waals surface area contributed by atoms with Crippen molar-refractivity contribution < 1.29 is 9.18 Å². The van der Waals surface area contributed by atoms with Gasteiger partial charge >= 0.3 is 0 Å². The van der Waals surface area contributed by atoms with Crippen LogP contribution in [0.2, 0.25) is 5.02 Å². The highest BCUT2D eigenvalue weighted by atomic mass is 35.5. The van der Waals surface area contributed by atoms with Crippen molar-refractivity contribution in [1.29, 1.82) is 0 Å². The fourth-order valence-electron chi connectivity index (χ4n) is 1.61. The lowest BCUT2D eigenvalue weighted by Crippen LogP contribution is -2.24. The van der Waals surface area contributed by atoms with Crippen molar-refractivity contribution in [3.05, 3.63) is 54.1 Å². The molecule has 0 aliphatic rings. The van der Waals surface area contributed by atoms with Gasteiger partial charge in [0.1, 0.15) is 5.82 Å². The highest BCUT2D eigenvalue weighted by molar-refractivity contribution is 6.30. The van der Waals surface area contributed by atoms with Crippen LogP contribution >= 0.6 is 11.6 Å². The van der Waals surface area contributed by atoms with Crippen molar-refractivity contribution in [1.82, 2.24) is 9.97 Å². The molecule has 7 heteroatoms. The number of nitrogens with zero attached hydrogens (tertiary/aromatic N) is 3. The smallest absolute Gasteiger partial charge is 0.250 e. The molecule has 2 aromatic rings. The van der Waals surface area contributed by atoms with Crippen LogP contribution in [0.4, 0.5) is 21.7 Å². The van der Waals surface area contributed by atoms with E-state index in [0.29, 0.717) is 16.7 Å². The van der Waals surface area contributed by atoms with E-state index in [1.165, 1.54) is 37.6 Å². The molecular weight excluding hydrogens is 295 g/mol. The third-order valence-corrected chi connectivity index (χ3v) is 2.88. The lowest BCUT2D eigenvalue weighted by molar-refractivity contribution is -0.113. The van der Waals surface area contributed by atoms with Crippen molar-refractivity contribution in [3.8, 4) is 0 Å². The Kier molecular flexibility index (Phi) is 4.49. The van der Waals surface area contributed by atoms with E-state index in [4.69, 9.17) is 11.6 Å². The molecule has 1 aromatic heterocycles. The quantitative estimate of drug-likeness (QED) is 0.882. The molecule has 0 aliphatic heterocycles. The Labute approximate surface area is 126 Å². The first-order chi connectivity index (χ1) is 10.0. The van der Waals surface area contributed by atoms with E-state index < -0.39 is 11.7 Å². The molecule has 1 heterocycles. The Morgan fingerprint density at radius 3 is 2.71 bits per heavy atom. The van der Waals surface area contributed by atoms with Crippen molar-refractivity contribution in [2.45, 2.75) is 0 Å². The van der Waals surface area contributed by atoms with Gasteiger partial charge < -0.3 is 10.2 Å². The van der Waals surface area contributed by atoms with E-state index >= 15 is 0 Å². The molecule has 0 spiro atoms. The van der Waals surface area contributed by atoms with Crippen LogP contribution in [0.3, 0.4) is 0 Å². The molecule has 0 aliphatic carbocycles. The maximum atomic E-state index is 13.8. The van der Waals surface area contributed by atoms with Gasteiger partial charge in [0.05, 0.1) is 23.1 Å². The summed E-state index contributed by atoms with van der Waals surface area (Å²) in [6.45, 7) is 3.37. The van der Waals surface area contributed by atoms with Crippen molar-refractivity contribution in [3.63, 3.8) is 0 Å². The van der Waals surface area contributed by atoms with Gasteiger partial charge in [-0.3, -0.25) is 4.79 Å². The first-order valence-electron chi connectivity index (χ1n) is 5.95. The Bertz CT molecular complexity index is 675. The number of carbonyl (C=O) groups is 1. The van der Waals surface area contributed by atoms with Gasteiger partial charge in [0, 0.05) is 12.7 Å². The molecule has 0 unspecified atom stereocenters. The fourth-order valence-corrected chi connectivity index (χ4v) is 1.71. The highest BCUT2D eigenvalue weighted by Crippen LogP contribution is 2.24. The van der Waals surface area contributed by atoms with Gasteiger partial charge in [-0.15, -0.1) is 0 Å². The molecule has 0 radical (unpaired) electrons. The van der Waals surface area contributed by atoms with Gasteiger partial charge in [0.25, 0.3) is 0 Å². The standard InChI is InChI=1S/C14H12ClFN4O/c1-3-13(21)20(2)12-6-10(4-5-11(12)16)19-14-17-7-9(15)8-18-14/h3-8H,1H2,2H3,(H,17,18,19). The Balaban J connectivity index is 2.28. The number of amides is 1. The number of benzene rings is 1. The predicted molar refractivity (Wildman–Crippen MR) is 80.3 cm³/mol. The van der Waals surface area contributed by atoms with Gasteiger partial charge in [-0.05, 0) is 24.3 Å². The number of rotatable bonds is 4. The SMILES string of the molecule is C=CC(=O)N(C)c1cc(Nc2ncc(Cl)cn2)ccc1F. The summed E-state index contributed by atoms with van der Waals surface area (Å²) in [5.74, 6) is -0.612. The molecule has 5 nitrogen and oxygen atoms in total. The molecule has 0 saturated heterocycles. The zero-order chi connectivity index (χ0) is 15.4. The summed E-state index contributed by atoms with van der Waals surface area (Å²) in [6, 6.07) is 4.25. The normalized spacial score (nSPS) is 10.0. The zero-order valence-corrected chi connectivity index (χ0v) is 11.9. The van der Waals surface area contributed by atoms with E-state index in [2.05, 4.69) is 21.9 Å². The van der Waals surface area contributed by atoms with Crippen molar-refractivity contribution >= 4 is 34.8 Å². The second kappa shape index (κ2) is 6.32. The molecule has 21 heavy (non-hydrogen) atoms. The second-order valence-corrected chi connectivity index (χ2v) is 4.55. The lowest BCUT2D eigenvalue weighted by Gasteiger charge is -2.17. The van der Waals surface area contributed by atoms with E-state index in [1.54, 1.807) is 0 Å². The van der Waals surface area contributed by atoms with Gasteiger partial charge in [-0.25, -0.2) is 14.4 Å². The number of nitrogens with one attached hydrogen (secondary N) is 1. The van der Waals surface area contributed by atoms with Gasteiger partial charge in [-0.1, -0.05) is 18.2 Å². The minimum atomic E-state index is -0.518. The van der Waals surface area contributed by atoms with Crippen LogP contribution in [0, 0.1) is 5.82 Å². The molecule has 1 amide bonds. The molecule has 2 rings (SSSR count). The minimum absolute atomic E-state index is 0.124. The molecule has 0 bridgehead atoms. The minimum Gasteiger partial charge on any atom is -0.324 e. The Hall–Kier alpha value is -2.47. The zero-order valence-electron chi connectivity index (χ0n) is 11.2. The monoisotopic (exact) mass is 306 g/mol. The molecule has 1 aromatic carbocycles. The molecule has 0 atom stereocenters. The molecule has 0 saturated carbocycles. The first kappa shape index (κ1) is 14.9. The average Bonchev–Trinajstić information content (AvgIpc) is 2.50. The number of hydrogen-bond acceptors (Lipinski definition) is 4. The third kappa shape index (κ3) is 3.55. The van der Waals surface area contributed by atoms with Crippen LogP contribution in [0.15, 0.2) is 43.2 Å². The summed E-state index contributed by atoms with van der Waals surface area (Å²) in [5, 5.41) is 3.31. The predicted octanol–water partition coefficient (Wildman–Crippen LogP) is 3.16. The van der Waals surface area contributed by atoms with E-state index in [0.717, 1.165) is 11.0 Å². The molecule has 108 valence electrons. The summed E-state index contributed by atoms with van der Waals surface area (Å²) in [4.78, 5) is 20.7. The van der Waals surface area contributed by atoms with Crippen molar-refractivity contribution in [2.24, 2.45) is 0 Å². The third-order valence-electron chi connectivity index (χ3n) is 2.69. The van der Waals surface area contributed by atoms with Crippen LogP contribution < -0.4 is 10.2 Å². The number of carbonyl (C=O) groups excluding carboxylic acids is 1. The van der Waals surface area contributed by atoms with Crippen LogP contribution in [0.1, 0.15) is 0 Å². The maximum Gasteiger partial charge on any atom is 0.250 e. The molecular formula is C14H12ClFN4O. The Morgan fingerprint density at radius 2 is 2.10 bits per heavy atom. The summed E-state index contributed by atoms with van der Waals surface area (Å²) in [7, 11) is 1.46. The summed E-state index contributed by atoms with van der Waals surface area (Å²) in [6.07, 6.45) is 3.99. The van der Waals surface area contributed by atoms with Gasteiger partial charge in [-0.2, -0.15) is 0 Å². The number of anilines is 3. The summed E-state index contributed by atoms with van der Waals surface area (Å²) in [5.41, 5.74) is 0.663. The van der Waals surface area contributed by atoms with Gasteiger partial charge in [0.2, 0.25) is 11.9 Å². The van der Waals surface area contributed by atoms with E-state index in [-0.39, 0.29) is 5.69 Å².